The molecule has 0 atom stereocenters. The number of unbranched alkanes of at least 4 members (excludes halogenated alkanes) is 1. The maximum Gasteiger partial charge on any atom is 0.227 e. The lowest BCUT2D eigenvalue weighted by molar-refractivity contribution is 0.304. The fraction of sp³-hybridized carbons (Fsp3) is 0.333. The standard InChI is InChI=1S/C12H15N3OS/c1-3-4-5-7-16-10-9-6-8-17-11(9)15-12(13-2)14-10/h3,6,8H,1,4-5,7H2,2H3,(H,13,14,15). The van der Waals surface area contributed by atoms with Gasteiger partial charge in [0, 0.05) is 7.05 Å². The van der Waals surface area contributed by atoms with Gasteiger partial charge >= 0.3 is 0 Å². The summed E-state index contributed by atoms with van der Waals surface area (Å²) in [5, 5.41) is 5.91. The van der Waals surface area contributed by atoms with Gasteiger partial charge in [0.15, 0.2) is 0 Å². The third kappa shape index (κ3) is 2.74. The van der Waals surface area contributed by atoms with E-state index in [1.807, 2.05) is 17.5 Å². The van der Waals surface area contributed by atoms with E-state index in [1.54, 1.807) is 18.4 Å². The maximum atomic E-state index is 5.69. The monoisotopic (exact) mass is 249 g/mol. The largest absolute Gasteiger partial charge is 0.477 e. The Morgan fingerprint density at radius 1 is 1.53 bits per heavy atom. The van der Waals surface area contributed by atoms with Crippen LogP contribution in [0, 0.1) is 0 Å². The van der Waals surface area contributed by atoms with Gasteiger partial charge in [0.25, 0.3) is 0 Å². The number of hydrogen-bond acceptors (Lipinski definition) is 5. The predicted molar refractivity (Wildman–Crippen MR) is 71.9 cm³/mol. The lowest BCUT2D eigenvalue weighted by Gasteiger charge is -2.07. The molecule has 2 rings (SSSR count). The van der Waals surface area contributed by atoms with Crippen LogP contribution in [-0.2, 0) is 0 Å². The molecule has 0 spiro atoms. The summed E-state index contributed by atoms with van der Waals surface area (Å²) in [4.78, 5) is 9.63. The fourth-order valence-electron chi connectivity index (χ4n) is 1.45. The van der Waals surface area contributed by atoms with Crippen molar-refractivity contribution in [2.24, 2.45) is 0 Å². The molecule has 0 radical (unpaired) electrons. The van der Waals surface area contributed by atoms with Gasteiger partial charge in [0.1, 0.15) is 4.83 Å². The number of nitrogens with one attached hydrogen (secondary N) is 1. The van der Waals surface area contributed by atoms with E-state index in [4.69, 9.17) is 4.74 Å². The van der Waals surface area contributed by atoms with Crippen LogP contribution in [0.3, 0.4) is 0 Å². The van der Waals surface area contributed by atoms with Crippen LogP contribution in [0.25, 0.3) is 10.2 Å². The van der Waals surface area contributed by atoms with Gasteiger partial charge in [0.05, 0.1) is 12.0 Å². The first kappa shape index (κ1) is 11.9. The number of anilines is 1. The summed E-state index contributed by atoms with van der Waals surface area (Å²) in [6, 6.07) is 1.99. The average Bonchev–Trinajstić information content (AvgIpc) is 2.82. The van der Waals surface area contributed by atoms with E-state index >= 15 is 0 Å². The van der Waals surface area contributed by atoms with Crippen molar-refractivity contribution < 1.29 is 4.74 Å². The first-order valence-electron chi connectivity index (χ1n) is 5.52. The first-order chi connectivity index (χ1) is 8.35. The van der Waals surface area contributed by atoms with Gasteiger partial charge in [-0.3, -0.25) is 0 Å². The third-order valence-corrected chi connectivity index (χ3v) is 3.11. The molecule has 0 saturated carbocycles. The van der Waals surface area contributed by atoms with Gasteiger partial charge < -0.3 is 10.1 Å². The molecule has 5 heteroatoms. The number of hydrogen-bond donors (Lipinski definition) is 1. The summed E-state index contributed by atoms with van der Waals surface area (Å²) in [6.45, 7) is 4.33. The van der Waals surface area contributed by atoms with Crippen LogP contribution in [0.15, 0.2) is 24.1 Å². The minimum Gasteiger partial charge on any atom is -0.477 e. The summed E-state index contributed by atoms with van der Waals surface area (Å²) in [6.07, 6.45) is 3.80. The van der Waals surface area contributed by atoms with E-state index in [-0.39, 0.29) is 0 Å². The molecule has 0 bridgehead atoms. The Kier molecular flexibility index (Phi) is 3.93. The Bertz CT molecular complexity index is 509. The molecule has 1 N–H and O–H groups in total. The van der Waals surface area contributed by atoms with Crippen LogP contribution in [0.5, 0.6) is 5.88 Å². The van der Waals surface area contributed by atoms with E-state index < -0.39 is 0 Å². The molecule has 2 heterocycles. The highest BCUT2D eigenvalue weighted by Crippen LogP contribution is 2.28. The van der Waals surface area contributed by atoms with Crippen LogP contribution >= 0.6 is 11.3 Å². The minimum atomic E-state index is 0.596. The summed E-state index contributed by atoms with van der Waals surface area (Å²) < 4.78 is 5.69. The van der Waals surface area contributed by atoms with E-state index in [2.05, 4.69) is 21.9 Å². The summed E-state index contributed by atoms with van der Waals surface area (Å²) in [7, 11) is 1.80. The van der Waals surface area contributed by atoms with Crippen molar-refractivity contribution >= 4 is 27.5 Å². The molecule has 0 aliphatic carbocycles. The Balaban J connectivity index is 2.18. The number of ether oxygens (including phenoxy) is 1. The zero-order chi connectivity index (χ0) is 12.1. The van der Waals surface area contributed by atoms with Crippen LogP contribution < -0.4 is 10.1 Å². The van der Waals surface area contributed by atoms with E-state index in [9.17, 15) is 0 Å². The number of aromatic nitrogens is 2. The van der Waals surface area contributed by atoms with Crippen LogP contribution in [0.2, 0.25) is 0 Å². The number of nitrogens with zero attached hydrogens (tertiary/aromatic N) is 2. The fourth-order valence-corrected chi connectivity index (χ4v) is 2.20. The SMILES string of the molecule is C=CCCCOc1nc(NC)nc2sccc12. The van der Waals surface area contributed by atoms with E-state index in [0.717, 1.165) is 23.1 Å². The normalized spacial score (nSPS) is 10.4. The van der Waals surface area contributed by atoms with E-state index in [1.165, 1.54) is 0 Å². The highest BCUT2D eigenvalue weighted by atomic mass is 32.1. The number of thiophene rings is 1. The van der Waals surface area contributed by atoms with Crippen LogP contribution in [0.1, 0.15) is 12.8 Å². The third-order valence-electron chi connectivity index (χ3n) is 2.31. The molecule has 0 aromatic carbocycles. The number of fused-ring (bicyclic) bond motifs is 1. The van der Waals surface area contributed by atoms with Crippen molar-refractivity contribution in [1.82, 2.24) is 9.97 Å². The molecule has 4 nitrogen and oxygen atoms in total. The molecule has 0 unspecified atom stereocenters. The smallest absolute Gasteiger partial charge is 0.227 e. The molecule has 0 amide bonds. The molecule has 0 saturated heterocycles. The molecule has 17 heavy (non-hydrogen) atoms. The Hall–Kier alpha value is -1.62. The van der Waals surface area contributed by atoms with Gasteiger partial charge in [-0.05, 0) is 24.3 Å². The molecule has 90 valence electrons. The Morgan fingerprint density at radius 3 is 3.18 bits per heavy atom. The average molecular weight is 249 g/mol. The second-order valence-corrected chi connectivity index (χ2v) is 4.42. The van der Waals surface area contributed by atoms with Gasteiger partial charge in [-0.25, -0.2) is 4.98 Å². The van der Waals surface area contributed by atoms with Gasteiger partial charge in [-0.1, -0.05) is 6.08 Å². The lowest BCUT2D eigenvalue weighted by atomic mass is 10.3. The zero-order valence-corrected chi connectivity index (χ0v) is 10.6. The molecule has 2 aromatic rings. The molecular formula is C12H15N3OS. The summed E-state index contributed by atoms with van der Waals surface area (Å²) in [5.74, 6) is 1.25. The van der Waals surface area contributed by atoms with Crippen LogP contribution in [0.4, 0.5) is 5.95 Å². The molecule has 0 aliphatic heterocycles. The van der Waals surface area contributed by atoms with Gasteiger partial charge in [-0.15, -0.1) is 17.9 Å². The van der Waals surface area contributed by atoms with Crippen molar-refractivity contribution in [3.8, 4) is 5.88 Å². The molecule has 2 aromatic heterocycles. The highest BCUT2D eigenvalue weighted by Gasteiger charge is 2.08. The van der Waals surface area contributed by atoms with E-state index in [0.29, 0.717) is 18.4 Å². The summed E-state index contributed by atoms with van der Waals surface area (Å²) in [5.41, 5.74) is 0. The van der Waals surface area contributed by atoms with Crippen molar-refractivity contribution in [1.29, 1.82) is 0 Å². The number of allylic oxidation sites excluding steroid dienone is 1. The van der Waals surface area contributed by atoms with Crippen molar-refractivity contribution in [3.05, 3.63) is 24.1 Å². The minimum absolute atomic E-state index is 0.596. The van der Waals surface area contributed by atoms with Crippen molar-refractivity contribution in [2.45, 2.75) is 12.8 Å². The van der Waals surface area contributed by atoms with Gasteiger partial charge in [-0.2, -0.15) is 4.98 Å². The van der Waals surface area contributed by atoms with Gasteiger partial charge in [0.2, 0.25) is 11.8 Å². The summed E-state index contributed by atoms with van der Waals surface area (Å²) >= 11 is 1.59. The Labute approximate surface area is 104 Å². The highest BCUT2D eigenvalue weighted by molar-refractivity contribution is 7.16. The second kappa shape index (κ2) is 5.63. The van der Waals surface area contributed by atoms with Crippen molar-refractivity contribution in [2.75, 3.05) is 19.0 Å². The first-order valence-corrected chi connectivity index (χ1v) is 6.40. The lowest BCUT2D eigenvalue weighted by Crippen LogP contribution is -2.02. The predicted octanol–water partition coefficient (Wildman–Crippen LogP) is 3.08. The second-order valence-electron chi connectivity index (χ2n) is 3.52. The Morgan fingerprint density at radius 2 is 2.41 bits per heavy atom. The molecular weight excluding hydrogens is 234 g/mol. The molecule has 0 aliphatic rings. The van der Waals surface area contributed by atoms with Crippen LogP contribution in [-0.4, -0.2) is 23.6 Å². The number of rotatable bonds is 6. The maximum absolute atomic E-state index is 5.69. The zero-order valence-electron chi connectivity index (χ0n) is 9.77. The topological polar surface area (TPSA) is 47.0 Å². The molecule has 0 fully saturated rings. The quantitative estimate of drug-likeness (QED) is 0.631. The van der Waals surface area contributed by atoms with Crippen molar-refractivity contribution in [3.63, 3.8) is 0 Å².